The Balaban J connectivity index is 1.32. The predicted octanol–water partition coefficient (Wildman–Crippen LogP) is 5.02. The molecule has 0 spiro atoms. The van der Waals surface area contributed by atoms with E-state index in [1.165, 1.54) is 12.1 Å². The van der Waals surface area contributed by atoms with Gasteiger partial charge in [-0.2, -0.15) is 0 Å². The highest BCUT2D eigenvalue weighted by Gasteiger charge is 2.38. The van der Waals surface area contributed by atoms with Crippen molar-refractivity contribution in [2.45, 2.75) is 77.7 Å². The number of hydrogen-bond donors (Lipinski definition) is 0. The van der Waals surface area contributed by atoms with Crippen LogP contribution in [0.15, 0.2) is 27.5 Å². The number of carbonyl (C=O) groups excluding carboxylic acids is 1. The highest BCUT2D eigenvalue weighted by atomic mass is 19.1. The Labute approximate surface area is 227 Å². The lowest BCUT2D eigenvalue weighted by atomic mass is 9.90. The molecule has 10 heteroatoms. The van der Waals surface area contributed by atoms with Crippen molar-refractivity contribution in [3.05, 3.63) is 57.1 Å². The second-order valence-electron chi connectivity index (χ2n) is 11.0. The molecule has 3 aromatic rings. The maximum Gasteiger partial charge on any atom is 0.512 e. The summed E-state index contributed by atoms with van der Waals surface area (Å²) in [5.74, 6) is 0.683. The molecule has 4 heterocycles. The van der Waals surface area contributed by atoms with Crippen LogP contribution in [0.5, 0.6) is 0 Å². The number of unbranched alkanes of at least 4 members (excludes halogenated alkanes) is 1. The lowest BCUT2D eigenvalue weighted by Gasteiger charge is -2.42. The van der Waals surface area contributed by atoms with Crippen molar-refractivity contribution in [1.29, 1.82) is 0 Å². The Kier molecular flexibility index (Phi) is 8.30. The number of hydrogen-bond acceptors (Lipinski definition) is 7. The first kappa shape index (κ1) is 27.3. The zero-order valence-corrected chi connectivity index (χ0v) is 22.9. The molecule has 9 nitrogen and oxygen atoms in total. The molecular weight excluding hydrogens is 503 g/mol. The number of aryl methyl sites for hydroxylation is 2. The Morgan fingerprint density at radius 1 is 1.23 bits per heavy atom. The van der Waals surface area contributed by atoms with Crippen LogP contribution in [0.1, 0.15) is 74.1 Å². The number of halogens is 1. The molecule has 0 atom stereocenters. The maximum absolute atomic E-state index is 13.6. The van der Waals surface area contributed by atoms with E-state index in [1.54, 1.807) is 6.07 Å². The number of carbonyl (C=O) groups is 1. The molecule has 2 aliphatic rings. The van der Waals surface area contributed by atoms with Crippen molar-refractivity contribution < 1.29 is 27.7 Å². The second kappa shape index (κ2) is 11.9. The molecule has 0 unspecified atom stereocenters. The summed E-state index contributed by atoms with van der Waals surface area (Å²) >= 11 is 0. The van der Waals surface area contributed by atoms with Crippen molar-refractivity contribution in [1.82, 2.24) is 14.7 Å². The number of quaternary nitrogens is 1. The quantitative estimate of drug-likeness (QED) is 0.213. The fourth-order valence-electron chi connectivity index (χ4n) is 5.93. The number of rotatable bonds is 9. The van der Waals surface area contributed by atoms with Gasteiger partial charge in [0.1, 0.15) is 11.6 Å². The average molecular weight is 542 g/mol. The van der Waals surface area contributed by atoms with E-state index >= 15 is 0 Å². The Morgan fingerprint density at radius 3 is 2.85 bits per heavy atom. The summed E-state index contributed by atoms with van der Waals surface area (Å²) < 4.78 is 32.3. The third kappa shape index (κ3) is 6.00. The molecule has 1 fully saturated rings. The van der Waals surface area contributed by atoms with Gasteiger partial charge in [-0.1, -0.05) is 18.5 Å². The smallest absolute Gasteiger partial charge is 0.434 e. The van der Waals surface area contributed by atoms with Gasteiger partial charge in [0, 0.05) is 60.9 Å². The maximum atomic E-state index is 13.6. The number of fused-ring (bicyclic) bond motifs is 2. The molecule has 1 saturated heterocycles. The summed E-state index contributed by atoms with van der Waals surface area (Å²) in [5, 5.41) is 5.11. The number of aromatic nitrogens is 3. The highest BCUT2D eigenvalue weighted by Crippen LogP contribution is 2.35. The summed E-state index contributed by atoms with van der Waals surface area (Å²) in [5.41, 5.74) is 2.89. The number of nitrogens with zero attached hydrogens (tertiary/aromatic N) is 4. The van der Waals surface area contributed by atoms with Crippen LogP contribution in [0.2, 0.25) is 0 Å². The van der Waals surface area contributed by atoms with Gasteiger partial charge < -0.3 is 14.0 Å². The van der Waals surface area contributed by atoms with Gasteiger partial charge in [0.2, 0.25) is 6.73 Å². The lowest BCUT2D eigenvalue weighted by Crippen LogP contribution is -2.55. The van der Waals surface area contributed by atoms with Crippen LogP contribution in [-0.4, -0.2) is 58.3 Å². The zero-order valence-electron chi connectivity index (χ0n) is 22.9. The van der Waals surface area contributed by atoms with Gasteiger partial charge in [-0.15, -0.1) is 0 Å². The minimum absolute atomic E-state index is 0.0615. The van der Waals surface area contributed by atoms with Crippen molar-refractivity contribution in [2.24, 2.45) is 0 Å². The van der Waals surface area contributed by atoms with Crippen LogP contribution in [-0.2, 0) is 28.9 Å². The minimum Gasteiger partial charge on any atom is -0.434 e. The van der Waals surface area contributed by atoms with Crippen molar-refractivity contribution in [3.63, 3.8) is 0 Å². The molecule has 2 aromatic heterocycles. The van der Waals surface area contributed by atoms with Gasteiger partial charge in [0.15, 0.2) is 5.58 Å². The average Bonchev–Trinajstić information content (AvgIpc) is 3.35. The molecule has 0 radical (unpaired) electrons. The van der Waals surface area contributed by atoms with Crippen molar-refractivity contribution in [2.75, 3.05) is 33.0 Å². The fourth-order valence-corrected chi connectivity index (χ4v) is 5.93. The predicted molar refractivity (Wildman–Crippen MR) is 143 cm³/mol. The van der Waals surface area contributed by atoms with Gasteiger partial charge in [-0.05, 0) is 38.3 Å². The van der Waals surface area contributed by atoms with Crippen LogP contribution in [0, 0.1) is 12.7 Å². The molecule has 1 aromatic carbocycles. The van der Waals surface area contributed by atoms with E-state index in [4.69, 9.17) is 19.0 Å². The van der Waals surface area contributed by atoms with Crippen LogP contribution in [0.3, 0.4) is 0 Å². The summed E-state index contributed by atoms with van der Waals surface area (Å²) in [6, 6.07) is 4.51. The standard InChI is InChI=1S/C29H38FN4O5/c1-3-4-17-37-29(36)38-19-34(16-12-23-20(2)31-26-7-5-6-13-33(26)28(23)35)14-10-21(11-15-34)27-24-9-8-22(30)18-25(24)39-32-27/h8-9,18,21H,3-7,10-17,19H2,1-2H3/q+1. The van der Waals surface area contributed by atoms with E-state index in [-0.39, 0.29) is 24.0 Å². The first-order valence-corrected chi connectivity index (χ1v) is 14.2. The van der Waals surface area contributed by atoms with E-state index < -0.39 is 6.16 Å². The van der Waals surface area contributed by atoms with Gasteiger partial charge in [0.05, 0.1) is 31.9 Å². The highest BCUT2D eigenvalue weighted by molar-refractivity contribution is 5.79. The Bertz CT molecular complexity index is 1380. The van der Waals surface area contributed by atoms with Gasteiger partial charge >= 0.3 is 6.16 Å². The van der Waals surface area contributed by atoms with Crippen LogP contribution in [0.4, 0.5) is 9.18 Å². The Hall–Kier alpha value is -3.27. The summed E-state index contributed by atoms with van der Waals surface area (Å²) in [6.07, 6.45) is 6.13. The van der Waals surface area contributed by atoms with Gasteiger partial charge in [0.25, 0.3) is 5.56 Å². The summed E-state index contributed by atoms with van der Waals surface area (Å²) in [6.45, 7) is 7.32. The monoisotopic (exact) mass is 541 g/mol. The summed E-state index contributed by atoms with van der Waals surface area (Å²) in [7, 11) is 0. The largest absolute Gasteiger partial charge is 0.512 e. The normalized spacial score (nSPS) is 21.1. The third-order valence-electron chi connectivity index (χ3n) is 8.34. The topological polar surface area (TPSA) is 96.5 Å². The van der Waals surface area contributed by atoms with E-state index in [2.05, 4.69) is 5.16 Å². The molecule has 39 heavy (non-hydrogen) atoms. The SMILES string of the molecule is CCCCOC(=O)OC[N+]1(CCc2c(C)nc3n(c2=O)CCCC3)CCC(c2noc3cc(F)ccc23)CC1. The summed E-state index contributed by atoms with van der Waals surface area (Å²) in [4.78, 5) is 30.4. The molecule has 0 amide bonds. The molecule has 0 saturated carbocycles. The van der Waals surface area contributed by atoms with Crippen LogP contribution < -0.4 is 5.56 Å². The molecular formula is C29H38FN4O5+. The number of piperidine rings is 1. The third-order valence-corrected chi connectivity index (χ3v) is 8.34. The number of likely N-dealkylation sites (tertiary alicyclic amines) is 1. The van der Waals surface area contributed by atoms with Crippen molar-refractivity contribution in [3.8, 4) is 0 Å². The van der Waals surface area contributed by atoms with E-state index in [1.807, 2.05) is 18.4 Å². The second-order valence-corrected chi connectivity index (χ2v) is 11.0. The Morgan fingerprint density at radius 2 is 2.05 bits per heavy atom. The van der Waals surface area contributed by atoms with Gasteiger partial charge in [-0.25, -0.2) is 14.2 Å². The minimum atomic E-state index is -0.653. The number of benzene rings is 1. The first-order chi connectivity index (χ1) is 18.9. The molecule has 2 aliphatic heterocycles. The molecule has 0 aliphatic carbocycles. The van der Waals surface area contributed by atoms with Crippen LogP contribution >= 0.6 is 0 Å². The van der Waals surface area contributed by atoms with Crippen molar-refractivity contribution >= 4 is 17.1 Å². The van der Waals surface area contributed by atoms with E-state index in [9.17, 15) is 14.0 Å². The van der Waals surface area contributed by atoms with E-state index in [0.29, 0.717) is 29.6 Å². The molecule has 210 valence electrons. The lowest BCUT2D eigenvalue weighted by molar-refractivity contribution is -0.948. The first-order valence-electron chi connectivity index (χ1n) is 14.2. The van der Waals surface area contributed by atoms with E-state index in [0.717, 1.165) is 92.7 Å². The fraction of sp³-hybridized carbons (Fsp3) is 0.586. The zero-order chi connectivity index (χ0) is 27.4. The molecule has 5 rings (SSSR count). The van der Waals surface area contributed by atoms with Gasteiger partial charge in [-0.3, -0.25) is 13.8 Å². The number of ether oxygens (including phenoxy) is 2. The van der Waals surface area contributed by atoms with Crippen LogP contribution in [0.25, 0.3) is 11.0 Å². The molecule has 0 N–H and O–H groups in total. The molecule has 0 bridgehead atoms.